The van der Waals surface area contributed by atoms with Crippen molar-refractivity contribution in [2.75, 3.05) is 11.9 Å². The lowest BCUT2D eigenvalue weighted by molar-refractivity contribution is -0.126. The molecule has 0 bridgehead atoms. The van der Waals surface area contributed by atoms with Gasteiger partial charge in [-0.2, -0.15) is 0 Å². The van der Waals surface area contributed by atoms with Crippen LogP contribution in [0, 0.1) is 5.41 Å². The molecule has 6 heteroatoms. The molecule has 0 aliphatic heterocycles. The van der Waals surface area contributed by atoms with Crippen LogP contribution < -0.4 is 11.1 Å². The summed E-state index contributed by atoms with van der Waals surface area (Å²) >= 11 is 0. The third-order valence-corrected chi connectivity index (χ3v) is 4.17. The number of carboxylic acid groups (broad SMARTS) is 1. The summed E-state index contributed by atoms with van der Waals surface area (Å²) < 4.78 is 0. The largest absolute Gasteiger partial charge is 0.506 e. The minimum atomic E-state index is -1.11. The second-order valence-electron chi connectivity index (χ2n) is 5.54. The Morgan fingerprint density at radius 3 is 2.48 bits per heavy atom. The number of carbonyl (C=O) groups is 2. The fourth-order valence-corrected chi connectivity index (χ4v) is 2.78. The molecular formula is C15H20N2O4. The van der Waals surface area contributed by atoms with Gasteiger partial charge in [-0.25, -0.2) is 4.79 Å². The summed E-state index contributed by atoms with van der Waals surface area (Å²) in [4.78, 5) is 23.5. The highest BCUT2D eigenvalue weighted by Crippen LogP contribution is 2.37. The summed E-state index contributed by atoms with van der Waals surface area (Å²) in [6.07, 6.45) is 4.43. The Morgan fingerprint density at radius 2 is 1.90 bits per heavy atom. The van der Waals surface area contributed by atoms with Gasteiger partial charge in [0.2, 0.25) is 5.91 Å². The molecule has 1 aromatic rings. The lowest BCUT2D eigenvalue weighted by atomic mass is 9.73. The topological polar surface area (TPSA) is 113 Å². The van der Waals surface area contributed by atoms with Gasteiger partial charge in [-0.1, -0.05) is 19.3 Å². The molecule has 0 aromatic heterocycles. The number of phenolic OH excluding ortho intramolecular Hbond substituents is 1. The number of amides is 1. The first-order chi connectivity index (χ1) is 9.98. The molecule has 21 heavy (non-hydrogen) atoms. The Labute approximate surface area is 123 Å². The SMILES string of the molecule is NCC1(C(=O)Nc2cc(C(=O)O)ccc2O)CCCCC1. The van der Waals surface area contributed by atoms with E-state index in [0.717, 1.165) is 19.3 Å². The van der Waals surface area contributed by atoms with Crippen molar-refractivity contribution in [3.8, 4) is 5.75 Å². The Balaban J connectivity index is 2.22. The Kier molecular flexibility index (Phi) is 4.47. The van der Waals surface area contributed by atoms with Crippen LogP contribution in [-0.2, 0) is 4.79 Å². The van der Waals surface area contributed by atoms with Gasteiger partial charge in [-0.15, -0.1) is 0 Å². The molecule has 5 N–H and O–H groups in total. The maximum Gasteiger partial charge on any atom is 0.335 e. The number of phenols is 1. The third kappa shape index (κ3) is 3.16. The van der Waals surface area contributed by atoms with Gasteiger partial charge < -0.3 is 21.3 Å². The van der Waals surface area contributed by atoms with Gasteiger partial charge in [-0.05, 0) is 31.0 Å². The maximum atomic E-state index is 12.5. The first-order valence-electron chi connectivity index (χ1n) is 7.06. The van der Waals surface area contributed by atoms with Crippen LogP contribution in [0.3, 0.4) is 0 Å². The highest BCUT2D eigenvalue weighted by molar-refractivity contribution is 5.98. The van der Waals surface area contributed by atoms with Gasteiger partial charge in [0.25, 0.3) is 0 Å². The van der Waals surface area contributed by atoms with Gasteiger partial charge in [0.15, 0.2) is 0 Å². The van der Waals surface area contributed by atoms with Crippen LogP contribution in [0.2, 0.25) is 0 Å². The fraction of sp³-hybridized carbons (Fsp3) is 0.467. The molecule has 0 atom stereocenters. The lowest BCUT2D eigenvalue weighted by Crippen LogP contribution is -2.43. The van der Waals surface area contributed by atoms with Crippen LogP contribution in [0.15, 0.2) is 18.2 Å². The highest BCUT2D eigenvalue weighted by atomic mass is 16.4. The first kappa shape index (κ1) is 15.3. The van der Waals surface area contributed by atoms with Crippen molar-refractivity contribution < 1.29 is 19.8 Å². The number of carbonyl (C=O) groups excluding carboxylic acids is 1. The highest BCUT2D eigenvalue weighted by Gasteiger charge is 2.38. The van der Waals surface area contributed by atoms with E-state index < -0.39 is 11.4 Å². The van der Waals surface area contributed by atoms with E-state index in [0.29, 0.717) is 12.8 Å². The summed E-state index contributed by atoms with van der Waals surface area (Å²) in [6.45, 7) is 0.248. The van der Waals surface area contributed by atoms with Crippen molar-refractivity contribution in [2.24, 2.45) is 11.1 Å². The number of nitrogens with one attached hydrogen (secondary N) is 1. The van der Waals surface area contributed by atoms with E-state index in [9.17, 15) is 14.7 Å². The molecule has 6 nitrogen and oxygen atoms in total. The van der Waals surface area contributed by atoms with Crippen LogP contribution in [0.5, 0.6) is 5.75 Å². The monoisotopic (exact) mass is 292 g/mol. The van der Waals surface area contributed by atoms with Gasteiger partial charge >= 0.3 is 5.97 Å². The van der Waals surface area contributed by atoms with Gasteiger partial charge in [0, 0.05) is 6.54 Å². The minimum Gasteiger partial charge on any atom is -0.506 e. The molecule has 1 aliphatic rings. The van der Waals surface area contributed by atoms with Crippen molar-refractivity contribution in [3.63, 3.8) is 0 Å². The number of rotatable bonds is 4. The van der Waals surface area contributed by atoms with Crippen LogP contribution >= 0.6 is 0 Å². The number of aromatic carboxylic acids is 1. The first-order valence-corrected chi connectivity index (χ1v) is 7.06. The van der Waals surface area contributed by atoms with Gasteiger partial charge in [-0.3, -0.25) is 4.79 Å². The maximum absolute atomic E-state index is 12.5. The van der Waals surface area contributed by atoms with E-state index in [1.165, 1.54) is 18.2 Å². The Morgan fingerprint density at radius 1 is 1.24 bits per heavy atom. The Bertz CT molecular complexity index is 551. The van der Waals surface area contributed by atoms with Crippen LogP contribution in [0.4, 0.5) is 5.69 Å². The summed E-state index contributed by atoms with van der Waals surface area (Å²) in [5.74, 6) is -1.52. The molecule has 1 fully saturated rings. The van der Waals surface area contributed by atoms with Crippen molar-refractivity contribution >= 4 is 17.6 Å². The van der Waals surface area contributed by atoms with Crippen molar-refractivity contribution in [1.29, 1.82) is 0 Å². The van der Waals surface area contributed by atoms with E-state index >= 15 is 0 Å². The number of aromatic hydroxyl groups is 1. The van der Waals surface area contributed by atoms with E-state index in [1.54, 1.807) is 0 Å². The molecule has 1 aromatic carbocycles. The Hall–Kier alpha value is -2.08. The summed E-state index contributed by atoms with van der Waals surface area (Å²) in [7, 11) is 0. The molecule has 114 valence electrons. The lowest BCUT2D eigenvalue weighted by Gasteiger charge is -2.34. The molecule has 0 radical (unpaired) electrons. The zero-order valence-corrected chi connectivity index (χ0v) is 11.8. The minimum absolute atomic E-state index is 0.00791. The zero-order chi connectivity index (χ0) is 15.5. The van der Waals surface area contributed by atoms with Gasteiger partial charge in [0.1, 0.15) is 5.75 Å². The van der Waals surface area contributed by atoms with Crippen LogP contribution in [0.25, 0.3) is 0 Å². The molecule has 0 heterocycles. The fourth-order valence-electron chi connectivity index (χ4n) is 2.78. The number of benzene rings is 1. The predicted octanol–water partition coefficient (Wildman–Crippen LogP) is 1.94. The third-order valence-electron chi connectivity index (χ3n) is 4.17. The second kappa shape index (κ2) is 6.13. The van der Waals surface area contributed by atoms with E-state index in [1.807, 2.05) is 0 Å². The molecular weight excluding hydrogens is 272 g/mol. The normalized spacial score (nSPS) is 17.2. The number of hydrogen-bond acceptors (Lipinski definition) is 4. The van der Waals surface area contributed by atoms with E-state index in [2.05, 4.69) is 5.32 Å². The second-order valence-corrected chi connectivity index (χ2v) is 5.54. The van der Waals surface area contributed by atoms with Crippen LogP contribution in [0.1, 0.15) is 42.5 Å². The standard InChI is InChI=1S/C15H20N2O4/c16-9-15(6-2-1-3-7-15)14(21)17-11-8-10(13(19)20)4-5-12(11)18/h4-5,8,18H,1-3,6-7,9,16H2,(H,17,21)(H,19,20). The summed E-state index contributed by atoms with van der Waals surface area (Å²) in [5.41, 5.74) is 5.29. The smallest absolute Gasteiger partial charge is 0.335 e. The van der Waals surface area contributed by atoms with Crippen molar-refractivity contribution in [3.05, 3.63) is 23.8 Å². The number of carboxylic acids is 1. The molecule has 1 aliphatic carbocycles. The summed E-state index contributed by atoms with van der Waals surface area (Å²) in [5, 5.41) is 21.4. The number of anilines is 1. The molecule has 0 spiro atoms. The average molecular weight is 292 g/mol. The predicted molar refractivity (Wildman–Crippen MR) is 78.3 cm³/mol. The van der Waals surface area contributed by atoms with E-state index in [-0.39, 0.29) is 29.5 Å². The molecule has 0 saturated heterocycles. The number of nitrogens with two attached hydrogens (primary N) is 1. The van der Waals surface area contributed by atoms with Crippen molar-refractivity contribution in [1.82, 2.24) is 0 Å². The molecule has 1 saturated carbocycles. The average Bonchev–Trinajstić information content (AvgIpc) is 2.49. The van der Waals surface area contributed by atoms with Crippen LogP contribution in [-0.4, -0.2) is 28.6 Å². The number of hydrogen-bond donors (Lipinski definition) is 4. The van der Waals surface area contributed by atoms with Crippen molar-refractivity contribution in [2.45, 2.75) is 32.1 Å². The van der Waals surface area contributed by atoms with E-state index in [4.69, 9.17) is 10.8 Å². The molecule has 1 amide bonds. The zero-order valence-electron chi connectivity index (χ0n) is 11.8. The molecule has 0 unspecified atom stereocenters. The quantitative estimate of drug-likeness (QED) is 0.633. The van der Waals surface area contributed by atoms with Gasteiger partial charge in [0.05, 0.1) is 16.7 Å². The molecule has 2 rings (SSSR count). The summed E-state index contributed by atoms with van der Waals surface area (Å²) in [6, 6.07) is 3.80.